The Kier molecular flexibility index (Phi) is 13.1. The monoisotopic (exact) mass is 904 g/mol. The number of nitrogens with one attached hydrogen (secondary N) is 2. The summed E-state index contributed by atoms with van der Waals surface area (Å²) in [7, 11) is 0. The van der Waals surface area contributed by atoms with E-state index in [2.05, 4.69) is 52.6 Å². The number of thiazole rings is 1. The number of amides is 2. The predicted molar refractivity (Wildman–Crippen MR) is 249 cm³/mol. The first-order valence-electron chi connectivity index (χ1n) is 23.0. The summed E-state index contributed by atoms with van der Waals surface area (Å²) in [6.45, 7) is 16.0. The summed E-state index contributed by atoms with van der Waals surface area (Å²) < 4.78 is 11.8. The third-order valence-electron chi connectivity index (χ3n) is 13.8. The maximum atomic E-state index is 14.2. The molecule has 4 aliphatic heterocycles. The summed E-state index contributed by atoms with van der Waals surface area (Å²) in [5, 5.41) is 41.0. The number of ether oxygens (including phenoxy) is 1. The second-order valence-corrected chi connectivity index (χ2v) is 19.2. The Morgan fingerprint density at radius 3 is 2.54 bits per heavy atom. The Hall–Kier alpha value is -5.62. The number of aryl methyl sites for hydroxylation is 1. The quantitative estimate of drug-likeness (QED) is 0.113. The molecule has 17 heteroatoms. The molecule has 0 unspecified atom stereocenters. The van der Waals surface area contributed by atoms with Crippen molar-refractivity contribution in [1.82, 2.24) is 40.4 Å². The average molecular weight is 905 g/mol. The van der Waals surface area contributed by atoms with E-state index in [0.717, 1.165) is 85.3 Å². The number of nitrogens with zero attached hydrogens (tertiary/aromatic N) is 8. The van der Waals surface area contributed by atoms with Crippen LogP contribution in [-0.2, 0) is 9.59 Å². The van der Waals surface area contributed by atoms with Crippen LogP contribution in [0.25, 0.3) is 21.7 Å². The number of aromatic nitrogens is 4. The van der Waals surface area contributed by atoms with Crippen LogP contribution < -0.4 is 20.3 Å². The number of benzene rings is 2. The Morgan fingerprint density at radius 2 is 1.80 bits per heavy atom. The molecule has 2 amide bonds. The van der Waals surface area contributed by atoms with Gasteiger partial charge in [0.25, 0.3) is 5.88 Å². The zero-order chi connectivity index (χ0) is 45.4. The molecule has 5 aromatic rings. The van der Waals surface area contributed by atoms with Crippen molar-refractivity contribution in [3.63, 3.8) is 0 Å². The minimum Gasteiger partial charge on any atom is -0.507 e. The number of aliphatic hydroxyl groups excluding tert-OH is 1. The second kappa shape index (κ2) is 19.1. The number of carbonyl (C=O) groups is 2. The van der Waals surface area contributed by atoms with Gasteiger partial charge >= 0.3 is 0 Å². The maximum absolute atomic E-state index is 14.2. The fraction of sp³-hybridized carbons (Fsp3) is 0.500. The number of hydrogen-bond donors (Lipinski definition) is 4. The van der Waals surface area contributed by atoms with Crippen LogP contribution >= 0.6 is 11.3 Å². The van der Waals surface area contributed by atoms with E-state index in [1.54, 1.807) is 23.5 Å². The van der Waals surface area contributed by atoms with Crippen LogP contribution in [0.1, 0.15) is 75.9 Å². The molecule has 3 saturated heterocycles. The summed E-state index contributed by atoms with van der Waals surface area (Å²) in [5.41, 5.74) is 7.20. The van der Waals surface area contributed by atoms with Gasteiger partial charge in [-0.15, -0.1) is 21.5 Å². The van der Waals surface area contributed by atoms with Gasteiger partial charge in [-0.2, -0.15) is 0 Å². The number of carbonyl (C=O) groups excluding carboxylic acids is 2. The summed E-state index contributed by atoms with van der Waals surface area (Å²) in [4.78, 5) is 42.5. The maximum Gasteiger partial charge on any atom is 0.254 e. The average Bonchev–Trinajstić information content (AvgIpc) is 4.06. The molecular formula is C48H60N10O6S. The molecule has 16 nitrogen and oxygen atoms in total. The van der Waals surface area contributed by atoms with Crippen LogP contribution in [0.4, 0.5) is 11.5 Å². The first-order valence-corrected chi connectivity index (χ1v) is 23.8. The number of anilines is 2. The number of hydrogen-bond acceptors (Lipinski definition) is 15. The lowest BCUT2D eigenvalue weighted by atomic mass is 9.91. The SMILES string of the molecule is Cc1ncsc1-c1ccc([C@H](C)NC(=O)[C@@H]2C[C@@H](O)CN2C(=O)[C@@H](c2cc(OCCN3CCC(N4CCN5c6cc(-c7ccccc7O)nnc6N[C@H](C)[C@@H]5C4)CC3)no2)C(C)C)cc1. The van der Waals surface area contributed by atoms with E-state index >= 15 is 0 Å². The van der Waals surface area contributed by atoms with Crippen LogP contribution in [-0.4, -0.2) is 140 Å². The molecule has 65 heavy (non-hydrogen) atoms. The molecule has 3 fully saturated rings. The summed E-state index contributed by atoms with van der Waals surface area (Å²) in [5.74, 6) is 0.213. The smallest absolute Gasteiger partial charge is 0.254 e. The topological polar surface area (TPSA) is 186 Å². The van der Waals surface area contributed by atoms with E-state index in [9.17, 15) is 19.8 Å². The molecule has 0 saturated carbocycles. The highest BCUT2D eigenvalue weighted by Crippen LogP contribution is 2.39. The lowest BCUT2D eigenvalue weighted by Crippen LogP contribution is -2.63. The van der Waals surface area contributed by atoms with Gasteiger partial charge in [0, 0.05) is 62.9 Å². The molecule has 344 valence electrons. The number of piperazine rings is 1. The Morgan fingerprint density at radius 1 is 1.02 bits per heavy atom. The number of rotatable bonds is 13. The van der Waals surface area contributed by atoms with Crippen molar-refractivity contribution in [2.75, 3.05) is 62.6 Å². The summed E-state index contributed by atoms with van der Waals surface area (Å²) in [6, 6.07) is 18.9. The van der Waals surface area contributed by atoms with Crippen molar-refractivity contribution >= 4 is 34.7 Å². The highest BCUT2D eigenvalue weighted by Gasteiger charge is 2.44. The molecule has 6 atom stereocenters. The number of phenols is 1. The van der Waals surface area contributed by atoms with Crippen molar-refractivity contribution in [3.8, 4) is 33.3 Å². The van der Waals surface area contributed by atoms with Gasteiger partial charge in [0.15, 0.2) is 11.6 Å². The minimum atomic E-state index is -0.820. The van der Waals surface area contributed by atoms with Gasteiger partial charge in [0.2, 0.25) is 11.8 Å². The molecule has 4 N–H and O–H groups in total. The number of fused-ring (bicyclic) bond motifs is 3. The highest BCUT2D eigenvalue weighted by atomic mass is 32.1. The van der Waals surface area contributed by atoms with E-state index in [-0.39, 0.29) is 54.6 Å². The summed E-state index contributed by atoms with van der Waals surface area (Å²) >= 11 is 1.59. The fourth-order valence-corrected chi connectivity index (χ4v) is 10.9. The van der Waals surface area contributed by atoms with Crippen LogP contribution in [0, 0.1) is 12.8 Å². The molecule has 4 aliphatic rings. The zero-order valence-corrected chi connectivity index (χ0v) is 38.6. The fourth-order valence-electron chi connectivity index (χ4n) is 10.1. The van der Waals surface area contributed by atoms with Crippen LogP contribution in [0.5, 0.6) is 11.6 Å². The normalized spacial score (nSPS) is 22.6. The third kappa shape index (κ3) is 9.42. The van der Waals surface area contributed by atoms with E-state index in [4.69, 9.17) is 9.26 Å². The van der Waals surface area contributed by atoms with Crippen molar-refractivity contribution in [2.45, 2.75) is 96.1 Å². The molecule has 7 heterocycles. The molecule has 0 radical (unpaired) electrons. The number of aromatic hydroxyl groups is 1. The van der Waals surface area contributed by atoms with E-state index < -0.39 is 18.1 Å². The molecule has 2 aromatic carbocycles. The van der Waals surface area contributed by atoms with Gasteiger partial charge in [-0.1, -0.05) is 50.2 Å². The summed E-state index contributed by atoms with van der Waals surface area (Å²) in [6.07, 6.45) is 1.49. The Bertz CT molecular complexity index is 2450. The van der Waals surface area contributed by atoms with Crippen molar-refractivity contribution in [3.05, 3.63) is 83.2 Å². The molecule has 0 spiro atoms. The van der Waals surface area contributed by atoms with Crippen molar-refractivity contribution in [1.29, 1.82) is 0 Å². The molecule has 0 bridgehead atoms. The van der Waals surface area contributed by atoms with Gasteiger partial charge in [0.05, 0.1) is 45.7 Å². The molecule has 0 aliphatic carbocycles. The first-order chi connectivity index (χ1) is 31.4. The van der Waals surface area contributed by atoms with Gasteiger partial charge in [-0.05, 0) is 87.1 Å². The van der Waals surface area contributed by atoms with Gasteiger partial charge in [-0.3, -0.25) is 19.4 Å². The van der Waals surface area contributed by atoms with Gasteiger partial charge in [0.1, 0.15) is 24.3 Å². The standard InChI is InChI=1S/C48H60N10O6S/c1-28(2)44(48(62)58-25-35(59)22-39(58)47(61)51-29(3)32-10-12-33(13-11-32)45-31(5)49-27-65-45)42-24-43(54-64-42)63-21-20-55-16-14-34(15-17-55)56-18-19-57-38-23-37(36-8-6-7-9-41(36)60)52-53-46(38)50-30(4)40(57)26-56/h6-13,23-24,27-30,34-35,39-40,44,59-60H,14-22,25-26H2,1-5H3,(H,50,53)(H,51,61)/t29-,30+,35+,39-,40-,44+/m0/s1. The number of β-amino-alcohol motifs (C(OH)–C–C–N with tert-alkyl or cyclic N) is 1. The Labute approximate surface area is 384 Å². The third-order valence-corrected chi connectivity index (χ3v) is 14.8. The van der Waals surface area contributed by atoms with Crippen LogP contribution in [0.2, 0.25) is 0 Å². The largest absolute Gasteiger partial charge is 0.507 e. The number of aliphatic hydroxyl groups is 1. The minimum absolute atomic E-state index is 0.0611. The van der Waals surface area contributed by atoms with Gasteiger partial charge < -0.3 is 39.9 Å². The Balaban J connectivity index is 0.748. The highest BCUT2D eigenvalue weighted by molar-refractivity contribution is 7.13. The van der Waals surface area contributed by atoms with E-state index in [0.29, 0.717) is 35.5 Å². The van der Waals surface area contributed by atoms with Crippen LogP contribution in [0.3, 0.4) is 0 Å². The number of piperidine rings is 1. The lowest BCUT2D eigenvalue weighted by Gasteiger charge is -2.51. The number of phenolic OH excluding ortho intramolecular Hbond substituents is 1. The second-order valence-electron chi connectivity index (χ2n) is 18.4. The lowest BCUT2D eigenvalue weighted by molar-refractivity contribution is -0.141. The predicted octanol–water partition coefficient (Wildman–Crippen LogP) is 5.70. The number of para-hydroxylation sites is 1. The van der Waals surface area contributed by atoms with E-state index in [1.165, 1.54) is 4.90 Å². The number of likely N-dealkylation sites (tertiary alicyclic amines) is 2. The molecule has 9 rings (SSSR count). The van der Waals surface area contributed by atoms with Crippen LogP contribution in [0.15, 0.2) is 70.7 Å². The molecule has 3 aromatic heterocycles. The zero-order valence-electron chi connectivity index (χ0n) is 37.8. The van der Waals surface area contributed by atoms with Gasteiger partial charge in [-0.25, -0.2) is 4.98 Å². The van der Waals surface area contributed by atoms with Crippen molar-refractivity contribution in [2.24, 2.45) is 5.92 Å². The van der Waals surface area contributed by atoms with E-state index in [1.807, 2.05) is 81.7 Å². The molecular weight excluding hydrogens is 845 g/mol. The van der Waals surface area contributed by atoms with Crippen molar-refractivity contribution < 1.29 is 29.1 Å². The first kappa shape index (κ1) is 44.6.